The van der Waals surface area contributed by atoms with E-state index in [1.165, 1.54) is 0 Å². The van der Waals surface area contributed by atoms with Crippen LogP contribution in [0.5, 0.6) is 0 Å². The summed E-state index contributed by atoms with van der Waals surface area (Å²) in [5.74, 6) is -1.92. The molecule has 0 aliphatic heterocycles. The molecule has 0 unspecified atom stereocenters. The van der Waals surface area contributed by atoms with Gasteiger partial charge in [-0.05, 0) is 62.3 Å². The molecule has 0 spiro atoms. The molecule has 12 heteroatoms. The van der Waals surface area contributed by atoms with Gasteiger partial charge in [0.2, 0.25) is 0 Å². The Labute approximate surface area is 220 Å². The van der Waals surface area contributed by atoms with Crippen molar-refractivity contribution in [1.82, 2.24) is 5.32 Å². The molecule has 33 heavy (non-hydrogen) atoms. The first-order valence-corrected chi connectivity index (χ1v) is 12.5. The van der Waals surface area contributed by atoms with Crippen LogP contribution in [0, 0.1) is 0 Å². The number of carbonyl (C=O) groups excluding carboxylic acids is 4. The van der Waals surface area contributed by atoms with E-state index in [0.29, 0.717) is 0 Å². The van der Waals surface area contributed by atoms with E-state index in [2.05, 4.69) is 53.1 Å². The Morgan fingerprint density at radius 1 is 0.606 bits per heavy atom. The molecule has 9 nitrogen and oxygen atoms in total. The molecule has 0 aromatic heterocycles. The molecule has 0 fully saturated rings. The summed E-state index contributed by atoms with van der Waals surface area (Å²) in [4.78, 5) is 49.7. The van der Waals surface area contributed by atoms with Crippen LogP contribution in [0.2, 0.25) is 0 Å². The van der Waals surface area contributed by atoms with E-state index < -0.39 is 67.9 Å². The van der Waals surface area contributed by atoms with Gasteiger partial charge in [0.1, 0.15) is 43.9 Å². The number of amides is 1. The Morgan fingerprint density at radius 2 is 0.879 bits per heavy atom. The predicted octanol–water partition coefficient (Wildman–Crippen LogP) is 4.40. The number of esters is 3. The topological polar surface area (TPSA) is 117 Å². The number of carbonyl (C=O) groups is 4. The van der Waals surface area contributed by atoms with E-state index in [4.69, 9.17) is 18.9 Å². The minimum atomic E-state index is -1.63. The Morgan fingerprint density at radius 3 is 1.09 bits per heavy atom. The SMILES string of the molecule is CC(C)(C)OC(=O)NC(COC(=O)C(C)(C)Br)(COC(=O)C(C)(C)Br)COC(=O)C(C)(C)Br. The Balaban J connectivity index is 6.05. The average molecular weight is 668 g/mol. The van der Waals surface area contributed by atoms with Gasteiger partial charge in [0.25, 0.3) is 0 Å². The highest BCUT2D eigenvalue weighted by Crippen LogP contribution is 2.23. The van der Waals surface area contributed by atoms with E-state index >= 15 is 0 Å². The number of alkyl carbamates (subject to hydrolysis) is 1. The van der Waals surface area contributed by atoms with Crippen molar-refractivity contribution in [2.45, 2.75) is 86.4 Å². The number of nitrogens with one attached hydrogen (secondary N) is 1. The molecule has 0 saturated carbocycles. The lowest BCUT2D eigenvalue weighted by Gasteiger charge is -2.35. The van der Waals surface area contributed by atoms with Crippen LogP contribution in [0.4, 0.5) is 4.79 Å². The van der Waals surface area contributed by atoms with Crippen molar-refractivity contribution in [2.75, 3.05) is 19.8 Å². The molecule has 0 aliphatic carbocycles. The maximum atomic E-state index is 12.6. The van der Waals surface area contributed by atoms with Crippen LogP contribution in [0.3, 0.4) is 0 Å². The van der Waals surface area contributed by atoms with Crippen molar-refractivity contribution >= 4 is 71.8 Å². The first-order chi connectivity index (χ1) is 14.5. The molecule has 0 saturated heterocycles. The standard InChI is InChI=1S/C21H34Br3NO8/c1-17(2,3)33-16(29)25-21(10-30-13(26)18(4,5)22,11-31-14(27)19(6,7)23)12-32-15(28)20(8,9)24/h10-12H2,1-9H3,(H,25,29). The third-order valence-corrected chi connectivity index (χ3v) is 4.63. The van der Waals surface area contributed by atoms with Crippen LogP contribution < -0.4 is 5.32 Å². The van der Waals surface area contributed by atoms with Gasteiger partial charge in [0, 0.05) is 0 Å². The summed E-state index contributed by atoms with van der Waals surface area (Å²) in [5, 5.41) is 2.57. The molecular weight excluding hydrogens is 634 g/mol. The minimum absolute atomic E-state index is 0.466. The summed E-state index contributed by atoms with van der Waals surface area (Å²) < 4.78 is 18.4. The van der Waals surface area contributed by atoms with Gasteiger partial charge in [-0.3, -0.25) is 14.4 Å². The zero-order valence-electron chi connectivity index (χ0n) is 20.5. The van der Waals surface area contributed by atoms with Crippen LogP contribution in [0.1, 0.15) is 62.3 Å². The largest absolute Gasteiger partial charge is 0.462 e. The van der Waals surface area contributed by atoms with E-state index in [1.54, 1.807) is 62.3 Å². The summed E-state index contributed by atoms with van der Waals surface area (Å²) in [5.41, 5.74) is -2.47. The van der Waals surface area contributed by atoms with E-state index in [9.17, 15) is 19.2 Å². The van der Waals surface area contributed by atoms with Gasteiger partial charge in [0.15, 0.2) is 0 Å². The molecular formula is C21H34Br3NO8. The monoisotopic (exact) mass is 665 g/mol. The Bertz CT molecular complexity index is 654. The minimum Gasteiger partial charge on any atom is -0.462 e. The zero-order chi connectivity index (χ0) is 26.5. The van der Waals surface area contributed by atoms with Gasteiger partial charge in [0.05, 0.1) is 0 Å². The van der Waals surface area contributed by atoms with Crippen molar-refractivity contribution in [1.29, 1.82) is 0 Å². The second kappa shape index (κ2) is 11.7. The number of hydrogen-bond donors (Lipinski definition) is 1. The molecule has 1 N–H and O–H groups in total. The smallest absolute Gasteiger partial charge is 0.408 e. The van der Waals surface area contributed by atoms with Crippen molar-refractivity contribution in [3.8, 4) is 0 Å². The third kappa shape index (κ3) is 13.0. The van der Waals surface area contributed by atoms with Crippen molar-refractivity contribution in [2.24, 2.45) is 0 Å². The Kier molecular flexibility index (Phi) is 11.4. The van der Waals surface area contributed by atoms with Crippen molar-refractivity contribution < 1.29 is 38.1 Å². The van der Waals surface area contributed by atoms with Crippen molar-refractivity contribution in [3.63, 3.8) is 0 Å². The van der Waals surface area contributed by atoms with Crippen LogP contribution in [-0.4, -0.2) is 67.9 Å². The second-order valence-corrected chi connectivity index (χ2v) is 16.0. The zero-order valence-corrected chi connectivity index (χ0v) is 25.3. The molecule has 0 aromatic carbocycles. The average Bonchev–Trinajstić information content (AvgIpc) is 2.57. The normalized spacial score (nSPS) is 13.1. The quantitative estimate of drug-likeness (QED) is 0.207. The summed E-state index contributed by atoms with van der Waals surface area (Å²) in [7, 11) is 0. The summed E-state index contributed by atoms with van der Waals surface area (Å²) in [6.45, 7) is 13.1. The first-order valence-electron chi connectivity index (χ1n) is 10.1. The summed E-state index contributed by atoms with van der Waals surface area (Å²) >= 11 is 9.63. The Hall–Kier alpha value is -0.880. The fraction of sp³-hybridized carbons (Fsp3) is 0.810. The second-order valence-electron chi connectivity index (χ2n) is 10.1. The van der Waals surface area contributed by atoms with Gasteiger partial charge in [-0.25, -0.2) is 4.79 Å². The highest BCUT2D eigenvalue weighted by Gasteiger charge is 2.42. The molecule has 0 rings (SSSR count). The van der Waals surface area contributed by atoms with Crippen LogP contribution in [-0.2, 0) is 33.3 Å². The highest BCUT2D eigenvalue weighted by molar-refractivity contribution is 9.10. The van der Waals surface area contributed by atoms with E-state index in [1.807, 2.05) is 0 Å². The van der Waals surface area contributed by atoms with E-state index in [0.717, 1.165) is 0 Å². The number of rotatable bonds is 10. The number of ether oxygens (including phenoxy) is 4. The molecule has 0 aliphatic rings. The molecule has 0 aromatic rings. The third-order valence-electron chi connectivity index (χ3n) is 3.66. The van der Waals surface area contributed by atoms with Crippen LogP contribution in [0.15, 0.2) is 0 Å². The van der Waals surface area contributed by atoms with Gasteiger partial charge >= 0.3 is 24.0 Å². The summed E-state index contributed by atoms with van der Waals surface area (Å²) in [6, 6.07) is 0. The summed E-state index contributed by atoms with van der Waals surface area (Å²) in [6.07, 6.45) is -0.875. The van der Waals surface area contributed by atoms with Gasteiger partial charge in [-0.15, -0.1) is 0 Å². The number of hydrogen-bond acceptors (Lipinski definition) is 8. The fourth-order valence-corrected chi connectivity index (χ4v) is 2.22. The molecule has 0 heterocycles. The highest BCUT2D eigenvalue weighted by atomic mass is 79.9. The molecule has 1 amide bonds. The van der Waals surface area contributed by atoms with Gasteiger partial charge < -0.3 is 24.3 Å². The van der Waals surface area contributed by atoms with Crippen LogP contribution in [0.25, 0.3) is 0 Å². The molecule has 192 valence electrons. The lowest BCUT2D eigenvalue weighted by atomic mass is 10.0. The lowest BCUT2D eigenvalue weighted by Crippen LogP contribution is -2.61. The van der Waals surface area contributed by atoms with Gasteiger partial charge in [-0.2, -0.15) is 0 Å². The lowest BCUT2D eigenvalue weighted by molar-refractivity contribution is -0.159. The molecule has 0 radical (unpaired) electrons. The van der Waals surface area contributed by atoms with Crippen molar-refractivity contribution in [3.05, 3.63) is 0 Å². The first kappa shape index (κ1) is 32.1. The number of halogens is 3. The van der Waals surface area contributed by atoms with Crippen LogP contribution >= 0.6 is 47.8 Å². The van der Waals surface area contributed by atoms with Gasteiger partial charge in [-0.1, -0.05) is 47.8 Å². The maximum absolute atomic E-state index is 12.6. The predicted molar refractivity (Wildman–Crippen MR) is 134 cm³/mol. The maximum Gasteiger partial charge on any atom is 0.408 e. The molecule has 0 atom stereocenters. The number of alkyl halides is 3. The fourth-order valence-electron chi connectivity index (χ4n) is 1.88. The molecule has 0 bridgehead atoms. The van der Waals surface area contributed by atoms with E-state index in [-0.39, 0.29) is 0 Å².